The molecule has 0 unspecified atom stereocenters. The van der Waals surface area contributed by atoms with Crippen molar-refractivity contribution >= 4 is 35.1 Å². The molecule has 1 aliphatic heterocycles. The Morgan fingerprint density at radius 3 is 2.79 bits per heavy atom. The normalized spacial score (nSPS) is 16.4. The van der Waals surface area contributed by atoms with Crippen molar-refractivity contribution in [3.05, 3.63) is 88.2 Å². The molecule has 1 aliphatic rings. The average Bonchev–Trinajstić information content (AvgIpc) is 3.42. The van der Waals surface area contributed by atoms with E-state index in [1.807, 2.05) is 44.2 Å². The summed E-state index contributed by atoms with van der Waals surface area (Å²) in [5, 5.41) is 19.0. The summed E-state index contributed by atoms with van der Waals surface area (Å²) in [4.78, 5) is 15.2. The molecule has 0 bridgehead atoms. The highest BCUT2D eigenvalue weighted by Crippen LogP contribution is 2.35. The lowest BCUT2D eigenvalue weighted by atomic mass is 10.1. The summed E-state index contributed by atoms with van der Waals surface area (Å²) in [5.41, 5.74) is 2.77. The number of amides is 1. The van der Waals surface area contributed by atoms with E-state index in [2.05, 4.69) is 10.2 Å². The van der Waals surface area contributed by atoms with Crippen LogP contribution in [0.15, 0.2) is 80.4 Å². The van der Waals surface area contributed by atoms with Gasteiger partial charge < -0.3 is 14.3 Å². The summed E-state index contributed by atoms with van der Waals surface area (Å²) >= 11 is 1.24. The lowest BCUT2D eigenvalue weighted by molar-refractivity contribution is -0.122. The van der Waals surface area contributed by atoms with E-state index in [0.29, 0.717) is 28.2 Å². The minimum Gasteiger partial charge on any atom is -0.504 e. The number of aromatic hydroxyl groups is 1. The van der Waals surface area contributed by atoms with Crippen molar-refractivity contribution in [1.29, 1.82) is 0 Å². The second-order valence-electron chi connectivity index (χ2n) is 7.23. The molecule has 0 spiro atoms. The van der Waals surface area contributed by atoms with E-state index in [0.717, 1.165) is 16.7 Å². The third kappa shape index (κ3) is 5.35. The third-order valence-electron chi connectivity index (χ3n) is 4.89. The summed E-state index contributed by atoms with van der Waals surface area (Å²) in [5.74, 6) is 0.861. The molecular weight excluding hydrogens is 438 g/mol. The van der Waals surface area contributed by atoms with Crippen molar-refractivity contribution in [2.24, 2.45) is 10.2 Å². The number of aryl methyl sites for hydroxylation is 1. The molecule has 7 nitrogen and oxygen atoms in total. The molecule has 0 aliphatic carbocycles. The summed E-state index contributed by atoms with van der Waals surface area (Å²) in [6, 6.07) is 16.4. The fourth-order valence-corrected chi connectivity index (χ4v) is 4.13. The van der Waals surface area contributed by atoms with Crippen LogP contribution in [-0.4, -0.2) is 33.9 Å². The van der Waals surface area contributed by atoms with Gasteiger partial charge in [-0.2, -0.15) is 5.10 Å². The number of furan rings is 1. The van der Waals surface area contributed by atoms with Gasteiger partial charge in [0.1, 0.15) is 5.76 Å². The van der Waals surface area contributed by atoms with Crippen molar-refractivity contribution < 1.29 is 19.1 Å². The van der Waals surface area contributed by atoms with Crippen LogP contribution in [0.2, 0.25) is 0 Å². The fourth-order valence-electron chi connectivity index (χ4n) is 3.20. The Balaban J connectivity index is 1.64. The number of carbonyl (C=O) groups excluding carboxylic acids is 1. The quantitative estimate of drug-likeness (QED) is 0.297. The third-order valence-corrected chi connectivity index (χ3v) is 5.89. The maximum atomic E-state index is 13.2. The highest BCUT2D eigenvalue weighted by Gasteiger charge is 2.34. The molecule has 0 radical (unpaired) electrons. The summed E-state index contributed by atoms with van der Waals surface area (Å²) in [6.07, 6.45) is 4.99. The number of ether oxygens (including phenoxy) is 1. The zero-order valence-electron chi connectivity index (χ0n) is 18.3. The Kier molecular flexibility index (Phi) is 6.95. The number of thioether (sulfide) groups is 1. The zero-order valence-corrected chi connectivity index (χ0v) is 19.1. The Hall–Kier alpha value is -3.78. The molecule has 4 rings (SSSR count). The van der Waals surface area contributed by atoms with Gasteiger partial charge in [-0.1, -0.05) is 30.3 Å². The molecule has 2 heterocycles. The lowest BCUT2D eigenvalue weighted by Gasteiger charge is -2.12. The first-order chi connectivity index (χ1) is 16.0. The van der Waals surface area contributed by atoms with Crippen LogP contribution in [0.4, 0.5) is 0 Å². The van der Waals surface area contributed by atoms with Gasteiger partial charge >= 0.3 is 0 Å². The van der Waals surface area contributed by atoms with Crippen LogP contribution < -0.4 is 4.74 Å². The van der Waals surface area contributed by atoms with Gasteiger partial charge in [0.25, 0.3) is 5.91 Å². The van der Waals surface area contributed by atoms with Gasteiger partial charge in [-0.15, -0.1) is 5.10 Å². The molecule has 0 saturated carbocycles. The Morgan fingerprint density at radius 1 is 1.18 bits per heavy atom. The van der Waals surface area contributed by atoms with E-state index in [-0.39, 0.29) is 18.2 Å². The SMILES string of the molecule is CCOc1cc(/C=C2\S/C(=N/N=C\c3ccccc3C)N(Cc3ccco3)C2=O)ccc1O. The number of hydrogen-bond acceptors (Lipinski definition) is 7. The van der Waals surface area contributed by atoms with Crippen LogP contribution in [0.25, 0.3) is 6.08 Å². The van der Waals surface area contributed by atoms with Crippen molar-refractivity contribution in [2.75, 3.05) is 6.61 Å². The van der Waals surface area contributed by atoms with Crippen LogP contribution in [0.5, 0.6) is 11.5 Å². The molecule has 0 atom stereocenters. The topological polar surface area (TPSA) is 87.6 Å². The smallest absolute Gasteiger partial charge is 0.267 e. The molecule has 3 aromatic rings. The van der Waals surface area contributed by atoms with Crippen LogP contribution in [-0.2, 0) is 11.3 Å². The van der Waals surface area contributed by atoms with Gasteiger partial charge in [-0.3, -0.25) is 9.69 Å². The van der Waals surface area contributed by atoms with Crippen LogP contribution in [0.1, 0.15) is 29.4 Å². The van der Waals surface area contributed by atoms with Crippen molar-refractivity contribution in [2.45, 2.75) is 20.4 Å². The van der Waals surface area contributed by atoms with Gasteiger partial charge in [-0.25, -0.2) is 0 Å². The van der Waals surface area contributed by atoms with Crippen LogP contribution in [0.3, 0.4) is 0 Å². The number of amidine groups is 1. The van der Waals surface area contributed by atoms with E-state index < -0.39 is 0 Å². The molecule has 33 heavy (non-hydrogen) atoms. The lowest BCUT2D eigenvalue weighted by Crippen LogP contribution is -2.28. The van der Waals surface area contributed by atoms with E-state index in [1.54, 1.807) is 42.8 Å². The number of rotatable bonds is 7. The van der Waals surface area contributed by atoms with Gasteiger partial charge in [-0.05, 0) is 72.6 Å². The number of benzene rings is 2. The second-order valence-corrected chi connectivity index (χ2v) is 8.23. The molecule has 2 aromatic carbocycles. The maximum Gasteiger partial charge on any atom is 0.267 e. The summed E-state index contributed by atoms with van der Waals surface area (Å²) < 4.78 is 10.9. The number of carbonyl (C=O) groups is 1. The summed E-state index contributed by atoms with van der Waals surface area (Å²) in [7, 11) is 0. The minimum absolute atomic E-state index is 0.0524. The average molecular weight is 462 g/mol. The predicted octanol–water partition coefficient (Wildman–Crippen LogP) is 5.20. The number of phenolic OH excluding ortho intramolecular Hbond substituents is 1. The van der Waals surface area contributed by atoms with Crippen molar-refractivity contribution in [3.8, 4) is 11.5 Å². The molecule has 1 aromatic heterocycles. The van der Waals surface area contributed by atoms with Crippen molar-refractivity contribution in [3.63, 3.8) is 0 Å². The standard InChI is InChI=1S/C25H23N3O4S/c1-3-31-22-13-18(10-11-21(22)29)14-23-24(30)28(16-20-9-6-12-32-20)25(33-23)27-26-15-19-8-5-4-7-17(19)2/h4-15,29H,3,16H2,1-2H3/b23-14-,26-15-,27-25+. The summed E-state index contributed by atoms with van der Waals surface area (Å²) in [6.45, 7) is 4.51. The molecule has 8 heteroatoms. The Morgan fingerprint density at radius 2 is 2.03 bits per heavy atom. The molecule has 168 valence electrons. The molecule has 1 saturated heterocycles. The Labute approximate surface area is 196 Å². The maximum absolute atomic E-state index is 13.2. The number of hydrogen-bond donors (Lipinski definition) is 1. The van der Waals surface area contributed by atoms with E-state index in [9.17, 15) is 9.90 Å². The van der Waals surface area contributed by atoms with Crippen LogP contribution >= 0.6 is 11.8 Å². The molecule has 1 N–H and O–H groups in total. The zero-order chi connectivity index (χ0) is 23.2. The second kappa shape index (κ2) is 10.2. The van der Waals surface area contributed by atoms with Gasteiger partial charge in [0, 0.05) is 0 Å². The molecule has 1 amide bonds. The first-order valence-electron chi connectivity index (χ1n) is 10.4. The van der Waals surface area contributed by atoms with E-state index in [4.69, 9.17) is 9.15 Å². The van der Waals surface area contributed by atoms with E-state index in [1.165, 1.54) is 16.7 Å². The molecule has 1 fully saturated rings. The van der Waals surface area contributed by atoms with E-state index >= 15 is 0 Å². The van der Waals surface area contributed by atoms with Crippen molar-refractivity contribution in [1.82, 2.24) is 4.90 Å². The monoisotopic (exact) mass is 461 g/mol. The Bertz CT molecular complexity index is 1230. The largest absolute Gasteiger partial charge is 0.504 e. The number of phenols is 1. The highest BCUT2D eigenvalue weighted by atomic mass is 32.2. The molecular formula is C25H23N3O4S. The highest BCUT2D eigenvalue weighted by molar-refractivity contribution is 8.18. The first kappa shape index (κ1) is 22.4. The van der Waals surface area contributed by atoms with Gasteiger partial charge in [0.05, 0.1) is 30.5 Å². The fraction of sp³-hybridized carbons (Fsp3) is 0.160. The number of nitrogens with zero attached hydrogens (tertiary/aromatic N) is 3. The van der Waals surface area contributed by atoms with Gasteiger partial charge in [0.15, 0.2) is 16.7 Å². The predicted molar refractivity (Wildman–Crippen MR) is 130 cm³/mol. The first-order valence-corrected chi connectivity index (χ1v) is 11.2. The minimum atomic E-state index is -0.202. The van der Waals surface area contributed by atoms with Crippen LogP contribution in [0, 0.1) is 6.92 Å². The van der Waals surface area contributed by atoms with Gasteiger partial charge in [0.2, 0.25) is 0 Å².